The first-order chi connectivity index (χ1) is 5.15. The van der Waals surface area contributed by atoms with Crippen molar-refractivity contribution in [3.63, 3.8) is 0 Å². The number of nitrogen functional groups attached to an aromatic ring is 1. The predicted octanol–water partition coefficient (Wildman–Crippen LogP) is 1.00. The van der Waals surface area contributed by atoms with E-state index in [9.17, 15) is 0 Å². The molecule has 0 unspecified atom stereocenters. The average molecular weight is 168 g/mol. The molecule has 2 N–H and O–H groups in total. The van der Waals surface area contributed by atoms with Crippen LogP contribution in [-0.4, -0.2) is 9.97 Å². The quantitative estimate of drug-likeness (QED) is 0.463. The zero-order chi connectivity index (χ0) is 8.43. The summed E-state index contributed by atoms with van der Waals surface area (Å²) in [7, 11) is 0. The molecule has 0 aliphatic rings. The highest BCUT2D eigenvalue weighted by Gasteiger charge is 2.04. The van der Waals surface area contributed by atoms with Crippen LogP contribution in [-0.2, 0) is 0 Å². The van der Waals surface area contributed by atoms with E-state index >= 15 is 0 Å². The summed E-state index contributed by atoms with van der Waals surface area (Å²) >= 11 is 5.66. The molecule has 1 aromatic heterocycles. The Morgan fingerprint density at radius 1 is 1.55 bits per heavy atom. The summed E-state index contributed by atoms with van der Waals surface area (Å²) in [5, 5.41) is 0.234. The lowest BCUT2D eigenvalue weighted by molar-refractivity contribution is 1.11. The highest BCUT2D eigenvalue weighted by Crippen LogP contribution is 2.15. The Kier molecular flexibility index (Phi) is 1.97. The molecule has 0 fully saturated rings. The van der Waals surface area contributed by atoms with E-state index in [1.54, 1.807) is 6.92 Å². The van der Waals surface area contributed by atoms with Gasteiger partial charge in [-0.25, -0.2) is 4.98 Å². The van der Waals surface area contributed by atoms with Crippen molar-refractivity contribution in [1.82, 2.24) is 9.97 Å². The fraction of sp³-hybridized carbons (Fsp3) is 0.143. The molecule has 1 rings (SSSR count). The molecule has 4 heteroatoms. The zero-order valence-electron chi connectivity index (χ0n) is 5.93. The third-order valence-electron chi connectivity index (χ3n) is 1.21. The number of nitrogens with zero attached hydrogens (tertiary/aromatic N) is 2. The maximum Gasteiger partial charge on any atom is 0.221 e. The lowest BCUT2D eigenvalue weighted by Gasteiger charge is -1.99. The van der Waals surface area contributed by atoms with Gasteiger partial charge in [-0.05, 0) is 6.92 Å². The van der Waals surface area contributed by atoms with Gasteiger partial charge >= 0.3 is 0 Å². The van der Waals surface area contributed by atoms with E-state index in [0.29, 0.717) is 11.3 Å². The van der Waals surface area contributed by atoms with E-state index < -0.39 is 0 Å². The lowest BCUT2D eigenvalue weighted by Crippen LogP contribution is -1.99. The summed E-state index contributed by atoms with van der Waals surface area (Å²) in [5.41, 5.74) is 6.44. The second-order valence-corrected chi connectivity index (χ2v) is 2.34. The minimum absolute atomic E-state index is 0.145. The second-order valence-electron chi connectivity index (χ2n) is 1.98. The van der Waals surface area contributed by atoms with Crippen LogP contribution in [0.5, 0.6) is 0 Å². The number of hydrogen-bond donors (Lipinski definition) is 1. The molecule has 1 heterocycles. The number of halogens is 1. The van der Waals surface area contributed by atoms with Crippen LogP contribution >= 0.6 is 11.6 Å². The molecule has 0 spiro atoms. The molecule has 0 saturated heterocycles. The molecule has 0 amide bonds. The van der Waals surface area contributed by atoms with Crippen LogP contribution < -0.4 is 5.73 Å². The number of anilines is 1. The van der Waals surface area contributed by atoms with Gasteiger partial charge < -0.3 is 5.73 Å². The highest BCUT2D eigenvalue weighted by atomic mass is 35.5. The Morgan fingerprint density at radius 3 is 2.64 bits per heavy atom. The van der Waals surface area contributed by atoms with Crippen molar-refractivity contribution in [3.05, 3.63) is 16.4 Å². The maximum atomic E-state index is 5.66. The Balaban J connectivity index is 3.40. The summed E-state index contributed by atoms with van der Waals surface area (Å²) in [5.74, 6) is 2.52. The molecule has 0 saturated carbocycles. The van der Waals surface area contributed by atoms with Crippen molar-refractivity contribution >= 4 is 17.5 Å². The van der Waals surface area contributed by atoms with E-state index in [0.717, 1.165) is 0 Å². The van der Waals surface area contributed by atoms with E-state index in [-0.39, 0.29) is 11.1 Å². The molecule has 1 aromatic rings. The first kappa shape index (κ1) is 7.83. The van der Waals surface area contributed by atoms with E-state index in [1.165, 1.54) is 0 Å². The van der Waals surface area contributed by atoms with E-state index in [4.69, 9.17) is 23.8 Å². The van der Waals surface area contributed by atoms with Gasteiger partial charge in [0.25, 0.3) is 0 Å². The predicted molar refractivity (Wildman–Crippen MR) is 44.1 cm³/mol. The van der Waals surface area contributed by atoms with Crippen molar-refractivity contribution in [2.24, 2.45) is 0 Å². The Hall–Kier alpha value is -1.27. The van der Waals surface area contributed by atoms with Gasteiger partial charge in [-0.1, -0.05) is 17.5 Å². The Morgan fingerprint density at radius 2 is 2.18 bits per heavy atom. The van der Waals surface area contributed by atoms with Gasteiger partial charge in [-0.3, -0.25) is 0 Å². The first-order valence-electron chi connectivity index (χ1n) is 2.91. The zero-order valence-corrected chi connectivity index (χ0v) is 6.68. The standard InChI is InChI=1S/C7H6ClN3/c1-3-5-4(2)10-7(9)11-6(5)8/h1H,2H3,(H2,9,10,11). The number of aryl methyl sites for hydroxylation is 1. The summed E-state index contributed by atoms with van der Waals surface area (Å²) in [6, 6.07) is 0. The van der Waals surface area contributed by atoms with Crippen molar-refractivity contribution in [2.75, 3.05) is 5.73 Å². The SMILES string of the molecule is C#Cc1c(C)nc(N)nc1Cl. The fourth-order valence-corrected chi connectivity index (χ4v) is 1.00. The van der Waals surface area contributed by atoms with Crippen molar-refractivity contribution in [2.45, 2.75) is 6.92 Å². The molecule has 0 aliphatic carbocycles. The molecule has 0 bridgehead atoms. The van der Waals surface area contributed by atoms with Crippen molar-refractivity contribution in [3.8, 4) is 12.3 Å². The molecule has 0 aliphatic heterocycles. The molecule has 11 heavy (non-hydrogen) atoms. The van der Waals surface area contributed by atoms with Gasteiger partial charge in [-0.15, -0.1) is 6.42 Å². The van der Waals surface area contributed by atoms with Crippen LogP contribution in [0, 0.1) is 19.3 Å². The number of rotatable bonds is 0. The maximum absolute atomic E-state index is 5.66. The second kappa shape index (κ2) is 2.77. The molecule has 3 nitrogen and oxygen atoms in total. The van der Waals surface area contributed by atoms with Crippen LogP contribution in [0.25, 0.3) is 0 Å². The summed E-state index contributed by atoms with van der Waals surface area (Å²) in [6.45, 7) is 1.74. The first-order valence-corrected chi connectivity index (χ1v) is 3.29. The van der Waals surface area contributed by atoms with Crippen LogP contribution in [0.1, 0.15) is 11.3 Å². The molecule has 0 aromatic carbocycles. The third-order valence-corrected chi connectivity index (χ3v) is 1.48. The minimum Gasteiger partial charge on any atom is -0.368 e. The third kappa shape index (κ3) is 1.41. The topological polar surface area (TPSA) is 51.8 Å². The number of aromatic nitrogens is 2. The van der Waals surface area contributed by atoms with Gasteiger partial charge in [0.15, 0.2) is 5.15 Å². The number of hydrogen-bond acceptors (Lipinski definition) is 3. The smallest absolute Gasteiger partial charge is 0.221 e. The molecular weight excluding hydrogens is 162 g/mol. The minimum atomic E-state index is 0.145. The normalized spacial score (nSPS) is 9.18. The van der Waals surface area contributed by atoms with Gasteiger partial charge in [0.2, 0.25) is 5.95 Å². The van der Waals surface area contributed by atoms with Crippen LogP contribution in [0.3, 0.4) is 0 Å². The summed E-state index contributed by atoms with van der Waals surface area (Å²) < 4.78 is 0. The van der Waals surface area contributed by atoms with Crippen LogP contribution in [0.2, 0.25) is 5.15 Å². The Bertz CT molecular complexity index is 304. The number of terminal acetylenes is 1. The van der Waals surface area contributed by atoms with Crippen LogP contribution in [0.4, 0.5) is 5.95 Å². The lowest BCUT2D eigenvalue weighted by atomic mass is 10.2. The molecular formula is C7H6ClN3. The van der Waals surface area contributed by atoms with Gasteiger partial charge in [0.1, 0.15) is 0 Å². The molecule has 0 radical (unpaired) electrons. The fourth-order valence-electron chi connectivity index (χ4n) is 0.722. The van der Waals surface area contributed by atoms with E-state index in [1.807, 2.05) is 0 Å². The van der Waals surface area contributed by atoms with Gasteiger partial charge in [0, 0.05) is 0 Å². The largest absolute Gasteiger partial charge is 0.368 e. The Labute approximate surface area is 69.6 Å². The van der Waals surface area contributed by atoms with Crippen LogP contribution in [0.15, 0.2) is 0 Å². The van der Waals surface area contributed by atoms with E-state index in [2.05, 4.69) is 15.9 Å². The number of nitrogens with two attached hydrogens (primary N) is 1. The summed E-state index contributed by atoms with van der Waals surface area (Å²) in [6.07, 6.45) is 5.15. The summed E-state index contributed by atoms with van der Waals surface area (Å²) in [4.78, 5) is 7.54. The van der Waals surface area contributed by atoms with Gasteiger partial charge in [0.05, 0.1) is 11.3 Å². The average Bonchev–Trinajstić information content (AvgIpc) is 1.85. The van der Waals surface area contributed by atoms with Crippen molar-refractivity contribution in [1.29, 1.82) is 0 Å². The molecule has 56 valence electrons. The van der Waals surface area contributed by atoms with Gasteiger partial charge in [-0.2, -0.15) is 4.98 Å². The monoisotopic (exact) mass is 167 g/mol. The molecule has 0 atom stereocenters. The van der Waals surface area contributed by atoms with Crippen molar-refractivity contribution < 1.29 is 0 Å². The highest BCUT2D eigenvalue weighted by molar-refractivity contribution is 6.30.